The SMILES string of the molecule is CC(=O)CCNC(=O)CCc1ccc(NC(=O)CCOCCOCCN2C(=O)CC(C)C2=O)cc1. The highest BCUT2D eigenvalue weighted by atomic mass is 16.5. The molecule has 1 aliphatic heterocycles. The summed E-state index contributed by atoms with van der Waals surface area (Å²) < 4.78 is 10.8. The molecule has 0 spiro atoms. The molecule has 10 nitrogen and oxygen atoms in total. The summed E-state index contributed by atoms with van der Waals surface area (Å²) in [5.41, 5.74) is 1.63. The smallest absolute Gasteiger partial charge is 0.232 e. The minimum absolute atomic E-state index is 0.0425. The van der Waals surface area contributed by atoms with Crippen LogP contribution in [0.4, 0.5) is 5.69 Å². The third-order valence-electron chi connectivity index (χ3n) is 5.45. The van der Waals surface area contributed by atoms with Crippen molar-refractivity contribution < 1.29 is 33.4 Å². The first kappa shape index (κ1) is 28.1. The van der Waals surface area contributed by atoms with E-state index in [1.54, 1.807) is 19.1 Å². The molecule has 35 heavy (non-hydrogen) atoms. The van der Waals surface area contributed by atoms with Crippen LogP contribution in [-0.2, 0) is 39.9 Å². The van der Waals surface area contributed by atoms with Crippen molar-refractivity contribution in [2.45, 2.75) is 46.0 Å². The highest BCUT2D eigenvalue weighted by Gasteiger charge is 2.34. The minimum Gasteiger partial charge on any atom is -0.379 e. The van der Waals surface area contributed by atoms with Crippen LogP contribution in [0.2, 0.25) is 0 Å². The van der Waals surface area contributed by atoms with Crippen LogP contribution in [0.1, 0.15) is 45.1 Å². The van der Waals surface area contributed by atoms with Gasteiger partial charge in [-0.2, -0.15) is 0 Å². The fraction of sp³-hybridized carbons (Fsp3) is 0.560. The molecule has 0 bridgehead atoms. The number of likely N-dealkylation sites (tertiary alicyclic amines) is 1. The lowest BCUT2D eigenvalue weighted by Crippen LogP contribution is -2.33. The van der Waals surface area contributed by atoms with E-state index in [2.05, 4.69) is 10.6 Å². The van der Waals surface area contributed by atoms with E-state index in [1.807, 2.05) is 12.1 Å². The monoisotopic (exact) mass is 489 g/mol. The summed E-state index contributed by atoms with van der Waals surface area (Å²) >= 11 is 0. The van der Waals surface area contributed by atoms with Gasteiger partial charge in [0, 0.05) is 37.4 Å². The van der Waals surface area contributed by atoms with E-state index < -0.39 is 0 Å². The number of rotatable bonds is 16. The van der Waals surface area contributed by atoms with E-state index in [0.29, 0.717) is 44.7 Å². The number of carbonyl (C=O) groups excluding carboxylic acids is 5. The van der Waals surface area contributed by atoms with Crippen molar-refractivity contribution in [1.29, 1.82) is 0 Å². The molecule has 1 heterocycles. The average molecular weight is 490 g/mol. The van der Waals surface area contributed by atoms with Gasteiger partial charge in [0.1, 0.15) is 5.78 Å². The van der Waals surface area contributed by atoms with Crippen molar-refractivity contribution in [1.82, 2.24) is 10.2 Å². The van der Waals surface area contributed by atoms with Crippen LogP contribution in [0, 0.1) is 5.92 Å². The number of ether oxygens (including phenoxy) is 2. The van der Waals surface area contributed by atoms with E-state index in [-0.39, 0.29) is 67.9 Å². The second-order valence-electron chi connectivity index (χ2n) is 8.51. The van der Waals surface area contributed by atoms with Crippen molar-refractivity contribution in [3.63, 3.8) is 0 Å². The van der Waals surface area contributed by atoms with Crippen molar-refractivity contribution in [2.24, 2.45) is 5.92 Å². The molecule has 0 radical (unpaired) electrons. The molecule has 0 aliphatic carbocycles. The molecule has 0 saturated carbocycles. The highest BCUT2D eigenvalue weighted by Crippen LogP contribution is 2.18. The number of nitrogens with zero attached hydrogens (tertiary/aromatic N) is 1. The van der Waals surface area contributed by atoms with Crippen LogP contribution < -0.4 is 10.6 Å². The second kappa shape index (κ2) is 15.0. The number of hydrogen-bond donors (Lipinski definition) is 2. The van der Waals surface area contributed by atoms with Crippen molar-refractivity contribution in [3.05, 3.63) is 29.8 Å². The number of Topliss-reactive ketones (excluding diaryl/α,β-unsaturated/α-hetero) is 1. The Morgan fingerprint density at radius 3 is 2.26 bits per heavy atom. The number of nitrogens with one attached hydrogen (secondary N) is 2. The molecule has 1 aromatic carbocycles. The first-order valence-corrected chi connectivity index (χ1v) is 11.9. The van der Waals surface area contributed by atoms with Crippen LogP contribution in [0.25, 0.3) is 0 Å². The summed E-state index contributed by atoms with van der Waals surface area (Å²) in [4.78, 5) is 59.4. The molecule has 1 fully saturated rings. The van der Waals surface area contributed by atoms with Gasteiger partial charge in [0.2, 0.25) is 23.6 Å². The van der Waals surface area contributed by atoms with E-state index in [0.717, 1.165) is 5.56 Å². The quantitative estimate of drug-likeness (QED) is 0.266. The fourth-order valence-corrected chi connectivity index (χ4v) is 3.43. The Labute approximate surface area is 205 Å². The van der Waals surface area contributed by atoms with Crippen LogP contribution in [0.3, 0.4) is 0 Å². The number of aryl methyl sites for hydroxylation is 1. The molecule has 0 aromatic heterocycles. The summed E-state index contributed by atoms with van der Waals surface area (Å²) in [5, 5.41) is 5.51. The molecule has 1 saturated heterocycles. The Kier molecular flexibility index (Phi) is 12.1. The zero-order valence-corrected chi connectivity index (χ0v) is 20.5. The van der Waals surface area contributed by atoms with E-state index in [9.17, 15) is 24.0 Å². The topological polar surface area (TPSA) is 131 Å². The summed E-state index contributed by atoms with van der Waals surface area (Å²) in [7, 11) is 0. The lowest BCUT2D eigenvalue weighted by atomic mass is 10.1. The standard InChI is InChI=1S/C25H35N3O7/c1-18-17-24(32)28(25(18)33)12-14-35-16-15-34-13-10-23(31)27-21-6-3-20(4-7-21)5-8-22(30)26-11-9-19(2)29/h3-4,6-7,18H,5,8-17H2,1-2H3,(H,26,30)(H,27,31). The van der Waals surface area contributed by atoms with E-state index in [1.165, 1.54) is 11.8 Å². The maximum absolute atomic E-state index is 12.1. The predicted molar refractivity (Wildman–Crippen MR) is 128 cm³/mol. The molecule has 1 aliphatic rings. The molecular formula is C25H35N3O7. The van der Waals surface area contributed by atoms with Gasteiger partial charge in [-0.1, -0.05) is 19.1 Å². The summed E-state index contributed by atoms with van der Waals surface area (Å²) in [6.07, 6.45) is 1.69. The number of anilines is 1. The van der Waals surface area contributed by atoms with Gasteiger partial charge in [0.15, 0.2) is 0 Å². The Balaban J connectivity index is 1.51. The average Bonchev–Trinajstić information content (AvgIpc) is 3.05. The summed E-state index contributed by atoms with van der Waals surface area (Å²) in [6, 6.07) is 7.28. The van der Waals surface area contributed by atoms with Crippen molar-refractivity contribution >= 4 is 35.1 Å². The molecule has 192 valence electrons. The predicted octanol–water partition coefficient (Wildman–Crippen LogP) is 1.47. The lowest BCUT2D eigenvalue weighted by Gasteiger charge is -2.14. The first-order valence-electron chi connectivity index (χ1n) is 11.9. The van der Waals surface area contributed by atoms with E-state index >= 15 is 0 Å². The second-order valence-corrected chi connectivity index (χ2v) is 8.51. The first-order chi connectivity index (χ1) is 16.8. The maximum atomic E-state index is 12.1. The number of hydrogen-bond acceptors (Lipinski definition) is 7. The van der Waals surface area contributed by atoms with E-state index in [4.69, 9.17) is 9.47 Å². The van der Waals surface area contributed by atoms with Gasteiger partial charge >= 0.3 is 0 Å². The normalized spacial score (nSPS) is 15.4. The molecule has 2 rings (SSSR count). The van der Waals surface area contributed by atoms with Gasteiger partial charge in [0.05, 0.1) is 39.4 Å². The fourth-order valence-electron chi connectivity index (χ4n) is 3.43. The number of benzene rings is 1. The third-order valence-corrected chi connectivity index (χ3v) is 5.45. The van der Waals surface area contributed by atoms with Gasteiger partial charge < -0.3 is 20.1 Å². The molecule has 2 N–H and O–H groups in total. The number of amides is 4. The molecule has 10 heteroatoms. The molecule has 1 atom stereocenters. The van der Waals surface area contributed by atoms with Crippen LogP contribution in [-0.4, -0.2) is 73.8 Å². The number of imide groups is 1. The largest absolute Gasteiger partial charge is 0.379 e. The Hall–Kier alpha value is -3.11. The third kappa shape index (κ3) is 10.8. The van der Waals surface area contributed by atoms with Gasteiger partial charge in [0.25, 0.3) is 0 Å². The van der Waals surface area contributed by atoms with Crippen LogP contribution in [0.5, 0.6) is 0 Å². The summed E-state index contributed by atoms with van der Waals surface area (Å²) in [6.45, 7) is 4.96. The van der Waals surface area contributed by atoms with Crippen LogP contribution in [0.15, 0.2) is 24.3 Å². The van der Waals surface area contributed by atoms with Crippen LogP contribution >= 0.6 is 0 Å². The number of ketones is 1. The Bertz CT molecular complexity index is 886. The van der Waals surface area contributed by atoms with Gasteiger partial charge in [-0.25, -0.2) is 0 Å². The molecule has 1 aromatic rings. The zero-order chi connectivity index (χ0) is 25.6. The van der Waals surface area contributed by atoms with Gasteiger partial charge in [-0.05, 0) is 31.0 Å². The zero-order valence-electron chi connectivity index (χ0n) is 20.5. The molecule has 1 unspecified atom stereocenters. The Morgan fingerprint density at radius 2 is 1.63 bits per heavy atom. The maximum Gasteiger partial charge on any atom is 0.232 e. The van der Waals surface area contributed by atoms with Gasteiger partial charge in [-0.15, -0.1) is 0 Å². The number of carbonyl (C=O) groups is 5. The van der Waals surface area contributed by atoms with Gasteiger partial charge in [-0.3, -0.25) is 28.9 Å². The highest BCUT2D eigenvalue weighted by molar-refractivity contribution is 6.03. The van der Waals surface area contributed by atoms with Crippen molar-refractivity contribution in [3.8, 4) is 0 Å². The Morgan fingerprint density at radius 1 is 0.943 bits per heavy atom. The molecular weight excluding hydrogens is 454 g/mol. The summed E-state index contributed by atoms with van der Waals surface area (Å²) in [5.74, 6) is -0.795. The lowest BCUT2D eigenvalue weighted by molar-refractivity contribution is -0.140. The minimum atomic E-state index is -0.252. The molecule has 4 amide bonds. The van der Waals surface area contributed by atoms with Crippen molar-refractivity contribution in [2.75, 3.05) is 44.8 Å².